The molecule has 4 fully saturated rings. The maximum absolute atomic E-state index is 12.9. The minimum Gasteiger partial charge on any atom is -0.497 e. The van der Waals surface area contributed by atoms with Gasteiger partial charge in [-0.15, -0.1) is 0 Å². The van der Waals surface area contributed by atoms with Gasteiger partial charge in [0.2, 0.25) is 0 Å². The zero-order valence-corrected chi connectivity index (χ0v) is 14.0. The molecule has 0 heterocycles. The average molecular weight is 313 g/mol. The van der Waals surface area contributed by atoms with Crippen LogP contribution in [0.15, 0.2) is 24.3 Å². The van der Waals surface area contributed by atoms with Crippen molar-refractivity contribution in [1.82, 2.24) is 0 Å². The van der Waals surface area contributed by atoms with Crippen LogP contribution in [0.5, 0.6) is 5.75 Å². The van der Waals surface area contributed by atoms with E-state index in [4.69, 9.17) is 4.74 Å². The number of anilines is 1. The molecule has 1 aromatic rings. The summed E-state index contributed by atoms with van der Waals surface area (Å²) >= 11 is 0. The summed E-state index contributed by atoms with van der Waals surface area (Å²) in [5.41, 5.74) is 1.11. The Morgan fingerprint density at radius 2 is 1.65 bits per heavy atom. The zero-order chi connectivity index (χ0) is 15.9. The number of hydrogen-bond acceptors (Lipinski definition) is 3. The molecule has 124 valence electrons. The molecule has 4 aliphatic rings. The van der Waals surface area contributed by atoms with Crippen LogP contribution in [0.1, 0.15) is 44.9 Å². The molecule has 1 N–H and O–H groups in total. The van der Waals surface area contributed by atoms with Crippen molar-refractivity contribution in [2.45, 2.75) is 44.9 Å². The van der Waals surface area contributed by atoms with Crippen molar-refractivity contribution >= 4 is 11.5 Å². The molecule has 4 aliphatic carbocycles. The van der Waals surface area contributed by atoms with E-state index in [9.17, 15) is 4.79 Å². The summed E-state index contributed by atoms with van der Waals surface area (Å²) in [6.45, 7) is 0.743. The van der Waals surface area contributed by atoms with Crippen LogP contribution in [0.2, 0.25) is 0 Å². The number of benzene rings is 1. The Bertz CT molecular complexity index is 543. The first-order valence-electron chi connectivity index (χ1n) is 9.08. The van der Waals surface area contributed by atoms with Crippen LogP contribution in [0.4, 0.5) is 5.69 Å². The van der Waals surface area contributed by atoms with E-state index < -0.39 is 0 Å². The molecule has 4 saturated carbocycles. The number of ether oxygens (including phenoxy) is 1. The number of methoxy groups -OCH3 is 1. The van der Waals surface area contributed by atoms with Crippen molar-refractivity contribution in [2.24, 2.45) is 23.2 Å². The smallest absolute Gasteiger partial charge is 0.140 e. The summed E-state index contributed by atoms with van der Waals surface area (Å²) in [7, 11) is 1.67. The summed E-state index contributed by atoms with van der Waals surface area (Å²) < 4.78 is 5.17. The molecule has 0 atom stereocenters. The van der Waals surface area contributed by atoms with E-state index in [1.165, 1.54) is 38.5 Å². The van der Waals surface area contributed by atoms with E-state index in [2.05, 4.69) is 5.32 Å². The van der Waals surface area contributed by atoms with Gasteiger partial charge < -0.3 is 10.1 Å². The lowest BCUT2D eigenvalue weighted by Gasteiger charge is -2.56. The van der Waals surface area contributed by atoms with Crippen molar-refractivity contribution in [3.63, 3.8) is 0 Å². The minimum absolute atomic E-state index is 0.0519. The Balaban J connectivity index is 1.33. The van der Waals surface area contributed by atoms with Crippen LogP contribution < -0.4 is 10.1 Å². The van der Waals surface area contributed by atoms with Gasteiger partial charge in [-0.3, -0.25) is 4.79 Å². The highest BCUT2D eigenvalue weighted by Crippen LogP contribution is 2.60. The Labute approximate surface area is 138 Å². The number of nitrogens with one attached hydrogen (secondary N) is 1. The van der Waals surface area contributed by atoms with Gasteiger partial charge in [-0.05, 0) is 80.5 Å². The quantitative estimate of drug-likeness (QED) is 0.851. The molecular weight excluding hydrogens is 286 g/mol. The standard InChI is InChI=1S/C20H27NO2/c1-23-18-4-2-17(3-5-18)21-7-6-19(22)20-11-14-8-15(12-20)10-16(9-14)13-20/h2-5,14-16,21H,6-13H2,1H3. The van der Waals surface area contributed by atoms with E-state index in [0.717, 1.165) is 35.7 Å². The number of carbonyl (C=O) groups is 1. The first kappa shape index (κ1) is 15.0. The minimum atomic E-state index is 0.0519. The molecule has 0 amide bonds. The molecular formula is C20H27NO2. The Morgan fingerprint density at radius 1 is 1.09 bits per heavy atom. The highest BCUT2D eigenvalue weighted by Gasteiger charge is 2.53. The third kappa shape index (κ3) is 2.86. The van der Waals surface area contributed by atoms with Gasteiger partial charge in [0.25, 0.3) is 0 Å². The van der Waals surface area contributed by atoms with E-state index in [-0.39, 0.29) is 5.41 Å². The van der Waals surface area contributed by atoms with Crippen LogP contribution in [-0.2, 0) is 4.79 Å². The van der Waals surface area contributed by atoms with Gasteiger partial charge in [0.05, 0.1) is 7.11 Å². The molecule has 1 aromatic carbocycles. The molecule has 0 unspecified atom stereocenters. The normalized spacial score (nSPS) is 34.4. The van der Waals surface area contributed by atoms with Crippen LogP contribution in [0, 0.1) is 23.2 Å². The SMILES string of the molecule is COc1ccc(NCCC(=O)C23CC4CC(CC(C4)C2)C3)cc1. The van der Waals surface area contributed by atoms with Crippen molar-refractivity contribution in [1.29, 1.82) is 0 Å². The van der Waals surface area contributed by atoms with E-state index in [1.54, 1.807) is 7.11 Å². The summed E-state index contributed by atoms with van der Waals surface area (Å²) in [4.78, 5) is 12.9. The van der Waals surface area contributed by atoms with Gasteiger partial charge in [0.15, 0.2) is 0 Å². The van der Waals surface area contributed by atoms with E-state index in [1.807, 2.05) is 24.3 Å². The fourth-order valence-corrected chi connectivity index (χ4v) is 5.75. The molecule has 3 nitrogen and oxygen atoms in total. The molecule has 0 spiro atoms. The molecule has 23 heavy (non-hydrogen) atoms. The van der Waals surface area contributed by atoms with Crippen LogP contribution in [0.3, 0.4) is 0 Å². The Morgan fingerprint density at radius 3 is 2.17 bits per heavy atom. The van der Waals surface area contributed by atoms with E-state index >= 15 is 0 Å². The first-order valence-corrected chi connectivity index (χ1v) is 9.08. The topological polar surface area (TPSA) is 38.3 Å². The molecule has 0 saturated heterocycles. The third-order valence-electron chi connectivity index (χ3n) is 6.40. The molecule has 4 bridgehead atoms. The molecule has 3 heteroatoms. The predicted molar refractivity (Wildman–Crippen MR) is 91.7 cm³/mol. The second-order valence-electron chi connectivity index (χ2n) is 8.03. The number of carbonyl (C=O) groups excluding carboxylic acids is 1. The lowest BCUT2D eigenvalue weighted by atomic mass is 9.48. The average Bonchev–Trinajstić information content (AvgIpc) is 2.54. The predicted octanol–water partition coefficient (Wildman–Crippen LogP) is 4.28. The lowest BCUT2D eigenvalue weighted by molar-refractivity contribution is -0.143. The van der Waals surface area contributed by atoms with E-state index in [0.29, 0.717) is 12.2 Å². The fraction of sp³-hybridized carbons (Fsp3) is 0.650. The second-order valence-corrected chi connectivity index (χ2v) is 8.03. The van der Waals surface area contributed by atoms with Crippen LogP contribution in [-0.4, -0.2) is 19.4 Å². The monoisotopic (exact) mass is 313 g/mol. The van der Waals surface area contributed by atoms with Crippen molar-refractivity contribution in [2.75, 3.05) is 19.0 Å². The van der Waals surface area contributed by atoms with Gasteiger partial charge in [-0.1, -0.05) is 0 Å². The van der Waals surface area contributed by atoms with Crippen LogP contribution >= 0.6 is 0 Å². The highest BCUT2D eigenvalue weighted by atomic mass is 16.5. The summed E-state index contributed by atoms with van der Waals surface area (Å²) in [5.74, 6) is 3.93. The molecule has 5 rings (SSSR count). The molecule has 0 aliphatic heterocycles. The van der Waals surface area contributed by atoms with Gasteiger partial charge in [-0.2, -0.15) is 0 Å². The maximum atomic E-state index is 12.9. The first-order chi connectivity index (χ1) is 11.2. The highest BCUT2D eigenvalue weighted by molar-refractivity contribution is 5.85. The number of rotatable bonds is 6. The van der Waals surface area contributed by atoms with Gasteiger partial charge >= 0.3 is 0 Å². The Hall–Kier alpha value is -1.51. The third-order valence-corrected chi connectivity index (χ3v) is 6.40. The van der Waals surface area contributed by atoms with Crippen molar-refractivity contribution < 1.29 is 9.53 Å². The maximum Gasteiger partial charge on any atom is 0.140 e. The zero-order valence-electron chi connectivity index (χ0n) is 14.0. The van der Waals surface area contributed by atoms with Gasteiger partial charge in [-0.25, -0.2) is 0 Å². The van der Waals surface area contributed by atoms with Gasteiger partial charge in [0, 0.05) is 24.1 Å². The number of ketones is 1. The summed E-state index contributed by atoms with van der Waals surface area (Å²) in [5, 5.41) is 3.38. The summed E-state index contributed by atoms with van der Waals surface area (Å²) in [6, 6.07) is 7.91. The fourth-order valence-electron chi connectivity index (χ4n) is 5.75. The lowest BCUT2D eigenvalue weighted by Crippen LogP contribution is -2.50. The van der Waals surface area contributed by atoms with Crippen molar-refractivity contribution in [3.05, 3.63) is 24.3 Å². The Kier molecular flexibility index (Phi) is 3.82. The van der Waals surface area contributed by atoms with Gasteiger partial charge in [0.1, 0.15) is 11.5 Å². The van der Waals surface area contributed by atoms with Crippen molar-refractivity contribution in [3.8, 4) is 5.75 Å². The number of hydrogen-bond donors (Lipinski definition) is 1. The molecule has 0 radical (unpaired) electrons. The second kappa shape index (κ2) is 5.85. The molecule has 0 aromatic heterocycles. The van der Waals surface area contributed by atoms with Crippen LogP contribution in [0.25, 0.3) is 0 Å². The number of Topliss-reactive ketones (excluding diaryl/α,β-unsaturated/α-hetero) is 1. The summed E-state index contributed by atoms with van der Waals surface area (Å²) in [6.07, 6.45) is 8.41. The largest absolute Gasteiger partial charge is 0.497 e.